The van der Waals surface area contributed by atoms with Gasteiger partial charge in [0.1, 0.15) is 0 Å². The molecule has 0 saturated carbocycles. The van der Waals surface area contributed by atoms with Gasteiger partial charge in [-0.1, -0.05) is 79.1 Å². The highest BCUT2D eigenvalue weighted by Gasteiger charge is 2.12. The molecule has 0 fully saturated rings. The first-order valence-electron chi connectivity index (χ1n) is 11.3. The van der Waals surface area contributed by atoms with Crippen molar-refractivity contribution in [2.75, 3.05) is 0 Å². The van der Waals surface area contributed by atoms with Gasteiger partial charge in [0.25, 0.3) is 0 Å². The van der Waals surface area contributed by atoms with E-state index in [0.717, 1.165) is 6.42 Å². The minimum atomic E-state index is 1.10. The third-order valence-corrected chi connectivity index (χ3v) is 6.36. The van der Waals surface area contributed by atoms with Gasteiger partial charge in [0.2, 0.25) is 0 Å². The maximum Gasteiger partial charge on any atom is 0.0497 e. The van der Waals surface area contributed by atoms with E-state index >= 15 is 0 Å². The van der Waals surface area contributed by atoms with Crippen molar-refractivity contribution in [2.24, 2.45) is 0 Å². The number of aromatic nitrogens is 1. The molecule has 4 aromatic carbocycles. The van der Waals surface area contributed by atoms with Crippen LogP contribution in [0.25, 0.3) is 44.1 Å². The molecule has 0 atom stereocenters. The molecule has 0 aliphatic carbocycles. The van der Waals surface area contributed by atoms with E-state index in [9.17, 15) is 0 Å². The molecule has 0 aliphatic heterocycles. The molecule has 1 N–H and O–H groups in total. The van der Waals surface area contributed by atoms with Crippen LogP contribution >= 0.6 is 0 Å². The van der Waals surface area contributed by atoms with Crippen LogP contribution in [0.4, 0.5) is 0 Å². The molecule has 0 saturated heterocycles. The van der Waals surface area contributed by atoms with Crippen molar-refractivity contribution >= 4 is 21.8 Å². The van der Waals surface area contributed by atoms with E-state index in [0.29, 0.717) is 0 Å². The summed E-state index contributed by atoms with van der Waals surface area (Å²) in [6, 6.07) is 29.3. The Morgan fingerprint density at radius 1 is 0.613 bits per heavy atom. The van der Waals surface area contributed by atoms with Gasteiger partial charge in [0, 0.05) is 21.8 Å². The second kappa shape index (κ2) is 8.07. The van der Waals surface area contributed by atoms with Crippen LogP contribution in [0.5, 0.6) is 0 Å². The van der Waals surface area contributed by atoms with Gasteiger partial charge in [-0.25, -0.2) is 0 Å². The number of nitrogens with one attached hydrogen (secondary N) is 1. The summed E-state index contributed by atoms with van der Waals surface area (Å²) in [5.74, 6) is 0. The van der Waals surface area contributed by atoms with Crippen LogP contribution in [0.3, 0.4) is 0 Å². The second-order valence-electron chi connectivity index (χ2n) is 8.78. The first kappa shape index (κ1) is 19.6. The van der Waals surface area contributed by atoms with Crippen molar-refractivity contribution in [3.8, 4) is 22.3 Å². The summed E-state index contributed by atoms with van der Waals surface area (Å²) in [7, 11) is 0. The smallest absolute Gasteiger partial charge is 0.0497 e. The fraction of sp³-hybridized carbons (Fsp3) is 0.200. The molecule has 5 rings (SSSR count). The molecule has 1 nitrogen and oxygen atoms in total. The average Bonchev–Trinajstić information content (AvgIpc) is 3.16. The Labute approximate surface area is 184 Å². The van der Waals surface area contributed by atoms with Gasteiger partial charge >= 0.3 is 0 Å². The Bertz CT molecular complexity index is 1350. The summed E-state index contributed by atoms with van der Waals surface area (Å²) in [6.07, 6.45) is 3.51. The van der Waals surface area contributed by atoms with Crippen molar-refractivity contribution < 1.29 is 0 Å². The number of rotatable bonds is 5. The maximum atomic E-state index is 3.73. The molecule has 0 aliphatic rings. The zero-order chi connectivity index (χ0) is 21.4. The van der Waals surface area contributed by atoms with Crippen LogP contribution in [0.2, 0.25) is 0 Å². The van der Waals surface area contributed by atoms with Crippen LogP contribution in [-0.4, -0.2) is 4.98 Å². The first-order valence-corrected chi connectivity index (χ1v) is 11.3. The SMILES string of the molecule is CCCCc1cc(-c2ccc(C)cc2)cc2c1[nH]c1ccc(-c3ccc(C)cc3)cc12. The number of hydrogen-bond acceptors (Lipinski definition) is 0. The highest BCUT2D eigenvalue weighted by molar-refractivity contribution is 6.10. The highest BCUT2D eigenvalue weighted by Crippen LogP contribution is 2.35. The monoisotopic (exact) mass is 403 g/mol. The van der Waals surface area contributed by atoms with Gasteiger partial charge < -0.3 is 4.98 Å². The third kappa shape index (κ3) is 3.77. The summed E-state index contributed by atoms with van der Waals surface area (Å²) in [5, 5.41) is 2.63. The van der Waals surface area contributed by atoms with Crippen LogP contribution in [0.1, 0.15) is 36.5 Å². The molecule has 0 unspecified atom stereocenters. The fourth-order valence-corrected chi connectivity index (χ4v) is 4.48. The molecule has 31 heavy (non-hydrogen) atoms. The number of hydrogen-bond donors (Lipinski definition) is 1. The number of benzene rings is 4. The van der Waals surface area contributed by atoms with Gasteiger partial charge in [-0.05, 0) is 78.8 Å². The quantitative estimate of drug-likeness (QED) is 0.302. The molecule has 1 aromatic heterocycles. The molecule has 154 valence electrons. The summed E-state index contributed by atoms with van der Waals surface area (Å²) < 4.78 is 0. The van der Waals surface area contributed by atoms with Crippen LogP contribution in [-0.2, 0) is 6.42 Å². The lowest BCUT2D eigenvalue weighted by Crippen LogP contribution is -1.89. The zero-order valence-electron chi connectivity index (χ0n) is 18.6. The summed E-state index contributed by atoms with van der Waals surface area (Å²) in [5.41, 5.74) is 11.6. The van der Waals surface area contributed by atoms with Gasteiger partial charge in [-0.2, -0.15) is 0 Å². The van der Waals surface area contributed by atoms with E-state index in [1.165, 1.54) is 73.6 Å². The number of H-pyrrole nitrogens is 1. The Morgan fingerprint density at radius 2 is 1.19 bits per heavy atom. The van der Waals surface area contributed by atoms with E-state index in [4.69, 9.17) is 0 Å². The molecule has 1 heterocycles. The molecule has 0 amide bonds. The summed E-state index contributed by atoms with van der Waals surface area (Å²) in [6.45, 7) is 6.54. The van der Waals surface area contributed by atoms with E-state index in [1.54, 1.807) is 0 Å². The Hall–Kier alpha value is -3.32. The highest BCUT2D eigenvalue weighted by atomic mass is 14.7. The topological polar surface area (TPSA) is 15.8 Å². The van der Waals surface area contributed by atoms with Crippen molar-refractivity contribution in [3.63, 3.8) is 0 Å². The molecular formula is C30H29N. The lowest BCUT2D eigenvalue weighted by Gasteiger charge is -2.09. The zero-order valence-corrected chi connectivity index (χ0v) is 18.6. The van der Waals surface area contributed by atoms with E-state index in [2.05, 4.69) is 105 Å². The normalized spacial score (nSPS) is 11.5. The third-order valence-electron chi connectivity index (χ3n) is 6.36. The Morgan fingerprint density at radius 3 is 1.84 bits per heavy atom. The maximum absolute atomic E-state index is 3.73. The fourth-order valence-electron chi connectivity index (χ4n) is 4.48. The van der Waals surface area contributed by atoms with Gasteiger partial charge in [0.05, 0.1) is 0 Å². The minimum absolute atomic E-state index is 1.10. The molecule has 0 spiro atoms. The predicted molar refractivity (Wildman–Crippen MR) is 135 cm³/mol. The van der Waals surface area contributed by atoms with Crippen LogP contribution in [0, 0.1) is 13.8 Å². The second-order valence-corrected chi connectivity index (χ2v) is 8.78. The molecule has 0 radical (unpaired) electrons. The largest absolute Gasteiger partial charge is 0.354 e. The lowest BCUT2D eigenvalue weighted by atomic mass is 9.95. The number of aromatic amines is 1. The van der Waals surface area contributed by atoms with Gasteiger partial charge in [0.15, 0.2) is 0 Å². The van der Waals surface area contributed by atoms with Crippen molar-refractivity contribution in [1.29, 1.82) is 0 Å². The van der Waals surface area contributed by atoms with Crippen molar-refractivity contribution in [2.45, 2.75) is 40.0 Å². The van der Waals surface area contributed by atoms with Crippen LogP contribution in [0.15, 0.2) is 78.9 Å². The average molecular weight is 404 g/mol. The van der Waals surface area contributed by atoms with E-state index in [1.807, 2.05) is 0 Å². The number of aryl methyl sites for hydroxylation is 3. The van der Waals surface area contributed by atoms with Crippen molar-refractivity contribution in [3.05, 3.63) is 95.6 Å². The molecule has 1 heteroatoms. The summed E-state index contributed by atoms with van der Waals surface area (Å²) in [4.78, 5) is 3.73. The van der Waals surface area contributed by atoms with Crippen LogP contribution < -0.4 is 0 Å². The molecule has 0 bridgehead atoms. The molecule has 5 aromatic rings. The van der Waals surface area contributed by atoms with Gasteiger partial charge in [-0.15, -0.1) is 0 Å². The van der Waals surface area contributed by atoms with E-state index in [-0.39, 0.29) is 0 Å². The minimum Gasteiger partial charge on any atom is -0.354 e. The number of unbranched alkanes of at least 4 members (excludes halogenated alkanes) is 1. The Kier molecular flexibility index (Phi) is 5.11. The lowest BCUT2D eigenvalue weighted by molar-refractivity contribution is 0.798. The molecular weight excluding hydrogens is 374 g/mol. The standard InChI is InChI=1S/C30H29N/c1-4-5-6-25-17-26(23-13-9-21(3)10-14-23)19-28-27-18-24(15-16-29(27)31-30(25)28)22-11-7-20(2)8-12-22/h7-19,31H,4-6H2,1-3H3. The number of fused-ring (bicyclic) bond motifs is 3. The first-order chi connectivity index (χ1) is 15.1. The van der Waals surface area contributed by atoms with Gasteiger partial charge in [-0.3, -0.25) is 0 Å². The predicted octanol–water partition coefficient (Wildman–Crippen LogP) is 8.61. The van der Waals surface area contributed by atoms with Crippen molar-refractivity contribution in [1.82, 2.24) is 4.98 Å². The van der Waals surface area contributed by atoms with E-state index < -0.39 is 0 Å². The Balaban J connectivity index is 1.72. The summed E-state index contributed by atoms with van der Waals surface area (Å²) >= 11 is 0.